The summed E-state index contributed by atoms with van der Waals surface area (Å²) in [5, 5.41) is 4.19. The number of hydrogen-bond acceptors (Lipinski definition) is 7. The largest absolute Gasteiger partial charge is 0.493 e. The number of aromatic nitrogens is 2. The summed E-state index contributed by atoms with van der Waals surface area (Å²) in [5.41, 5.74) is 3.30. The third-order valence-electron chi connectivity index (χ3n) is 6.10. The van der Waals surface area contributed by atoms with Crippen molar-refractivity contribution >= 4 is 28.3 Å². The molecular weight excluding hydrogens is 420 g/mol. The van der Waals surface area contributed by atoms with Crippen molar-refractivity contribution in [2.24, 2.45) is 5.92 Å². The Morgan fingerprint density at radius 1 is 1.06 bits per heavy atom. The van der Waals surface area contributed by atoms with Crippen LogP contribution in [0.3, 0.4) is 0 Å². The summed E-state index contributed by atoms with van der Waals surface area (Å²) in [5.74, 6) is 2.13. The molecule has 1 fully saturated rings. The van der Waals surface area contributed by atoms with E-state index in [0.29, 0.717) is 45.8 Å². The minimum atomic E-state index is -0.0354. The first kappa shape index (κ1) is 22.6. The molecule has 2 aromatic heterocycles. The maximum Gasteiger partial charge on any atom is 0.257 e. The highest BCUT2D eigenvalue weighted by molar-refractivity contribution is 6.07. The SMILES string of the molecule is COc1cc(Nc2c(C(=O)N3CCC(C)CC3)cnc3nc(C)ccc23)cc(OC)c1OC. The fraction of sp³-hybridized carbons (Fsp3) is 0.400. The number of carbonyl (C=O) groups excluding carboxylic acids is 1. The second kappa shape index (κ2) is 9.52. The lowest BCUT2D eigenvalue weighted by Crippen LogP contribution is -2.38. The van der Waals surface area contributed by atoms with Gasteiger partial charge in [0.25, 0.3) is 5.91 Å². The van der Waals surface area contributed by atoms with Crippen molar-refractivity contribution in [1.82, 2.24) is 14.9 Å². The van der Waals surface area contributed by atoms with Crippen LogP contribution in [0.4, 0.5) is 11.4 Å². The molecule has 3 heterocycles. The van der Waals surface area contributed by atoms with Gasteiger partial charge in [-0.05, 0) is 37.8 Å². The Labute approximate surface area is 193 Å². The van der Waals surface area contributed by atoms with E-state index in [1.807, 2.05) is 36.1 Å². The van der Waals surface area contributed by atoms with Gasteiger partial charge in [-0.25, -0.2) is 9.97 Å². The fourth-order valence-electron chi connectivity index (χ4n) is 4.15. The van der Waals surface area contributed by atoms with Gasteiger partial charge < -0.3 is 24.4 Å². The van der Waals surface area contributed by atoms with E-state index in [-0.39, 0.29) is 5.91 Å². The zero-order chi connectivity index (χ0) is 23.5. The van der Waals surface area contributed by atoms with E-state index in [1.54, 1.807) is 27.5 Å². The average molecular weight is 451 g/mol. The molecule has 33 heavy (non-hydrogen) atoms. The van der Waals surface area contributed by atoms with Crippen LogP contribution in [-0.4, -0.2) is 55.2 Å². The highest BCUT2D eigenvalue weighted by atomic mass is 16.5. The van der Waals surface area contributed by atoms with Gasteiger partial charge in [-0.1, -0.05) is 6.92 Å². The topological polar surface area (TPSA) is 85.8 Å². The molecule has 1 aliphatic rings. The van der Waals surface area contributed by atoms with Crippen molar-refractivity contribution in [3.05, 3.63) is 41.7 Å². The third-order valence-corrected chi connectivity index (χ3v) is 6.10. The van der Waals surface area contributed by atoms with Crippen molar-refractivity contribution in [3.8, 4) is 17.2 Å². The standard InChI is InChI=1S/C25H30N4O4/c1-15-8-10-29(11-9-15)25(30)19-14-26-24-18(7-6-16(2)27-24)22(19)28-17-12-20(31-3)23(33-5)21(13-17)32-4/h6-7,12-15H,8-11H2,1-5H3,(H,26,27,28). The van der Waals surface area contributed by atoms with E-state index in [2.05, 4.69) is 22.2 Å². The number of hydrogen-bond donors (Lipinski definition) is 1. The summed E-state index contributed by atoms with van der Waals surface area (Å²) in [6.07, 6.45) is 3.63. The van der Waals surface area contributed by atoms with Gasteiger partial charge in [0.2, 0.25) is 5.75 Å². The molecule has 0 bridgehead atoms. The number of pyridine rings is 2. The van der Waals surface area contributed by atoms with Crippen LogP contribution >= 0.6 is 0 Å². The Kier molecular flexibility index (Phi) is 6.53. The molecule has 1 amide bonds. The summed E-state index contributed by atoms with van der Waals surface area (Å²) in [7, 11) is 4.71. The zero-order valence-corrected chi connectivity index (χ0v) is 19.8. The molecule has 1 aliphatic heterocycles. The Morgan fingerprint density at radius 2 is 1.73 bits per heavy atom. The number of anilines is 2. The Bertz CT molecular complexity index is 1150. The number of ether oxygens (including phenoxy) is 3. The van der Waals surface area contributed by atoms with Crippen molar-refractivity contribution in [2.75, 3.05) is 39.7 Å². The van der Waals surface area contributed by atoms with Crippen LogP contribution in [0.25, 0.3) is 11.0 Å². The van der Waals surface area contributed by atoms with Crippen LogP contribution in [0, 0.1) is 12.8 Å². The molecule has 1 N–H and O–H groups in total. The van der Waals surface area contributed by atoms with Crippen LogP contribution in [0.2, 0.25) is 0 Å². The minimum Gasteiger partial charge on any atom is -0.493 e. The predicted molar refractivity (Wildman–Crippen MR) is 128 cm³/mol. The molecule has 0 saturated carbocycles. The van der Waals surface area contributed by atoms with Crippen molar-refractivity contribution in [1.29, 1.82) is 0 Å². The van der Waals surface area contributed by atoms with Crippen LogP contribution in [0.15, 0.2) is 30.5 Å². The van der Waals surface area contributed by atoms with E-state index in [9.17, 15) is 4.79 Å². The van der Waals surface area contributed by atoms with Crippen molar-refractivity contribution < 1.29 is 19.0 Å². The maximum atomic E-state index is 13.5. The van der Waals surface area contributed by atoms with Gasteiger partial charge in [-0.3, -0.25) is 4.79 Å². The molecule has 0 spiro atoms. The molecule has 0 aliphatic carbocycles. The van der Waals surface area contributed by atoms with E-state index < -0.39 is 0 Å². The summed E-state index contributed by atoms with van der Waals surface area (Å²) in [6, 6.07) is 7.49. The van der Waals surface area contributed by atoms with Crippen LogP contribution in [-0.2, 0) is 0 Å². The molecule has 1 saturated heterocycles. The molecule has 174 valence electrons. The van der Waals surface area contributed by atoms with Crippen LogP contribution < -0.4 is 19.5 Å². The number of likely N-dealkylation sites (tertiary alicyclic amines) is 1. The van der Waals surface area contributed by atoms with Gasteiger partial charge in [0.1, 0.15) is 0 Å². The number of nitrogens with zero attached hydrogens (tertiary/aromatic N) is 3. The number of rotatable bonds is 6. The summed E-state index contributed by atoms with van der Waals surface area (Å²) in [6.45, 7) is 5.63. The first-order valence-corrected chi connectivity index (χ1v) is 11.1. The predicted octanol–water partition coefficient (Wildman–Crippen LogP) is 4.58. The summed E-state index contributed by atoms with van der Waals surface area (Å²) >= 11 is 0. The van der Waals surface area contributed by atoms with E-state index in [4.69, 9.17) is 14.2 Å². The monoisotopic (exact) mass is 450 g/mol. The van der Waals surface area contributed by atoms with E-state index >= 15 is 0 Å². The Balaban J connectivity index is 1.81. The van der Waals surface area contributed by atoms with Gasteiger partial charge in [-0.15, -0.1) is 0 Å². The van der Waals surface area contributed by atoms with Gasteiger partial charge >= 0.3 is 0 Å². The number of benzene rings is 1. The highest BCUT2D eigenvalue weighted by Gasteiger charge is 2.25. The molecule has 4 rings (SSSR count). The number of methoxy groups -OCH3 is 3. The number of fused-ring (bicyclic) bond motifs is 1. The second-order valence-corrected chi connectivity index (χ2v) is 8.38. The van der Waals surface area contributed by atoms with E-state index in [0.717, 1.165) is 37.0 Å². The quantitative estimate of drug-likeness (QED) is 0.588. The second-order valence-electron chi connectivity index (χ2n) is 8.38. The smallest absolute Gasteiger partial charge is 0.257 e. The first-order valence-electron chi connectivity index (χ1n) is 11.1. The number of carbonyl (C=O) groups is 1. The molecular formula is C25H30N4O4. The lowest BCUT2D eigenvalue weighted by atomic mass is 9.98. The number of nitrogens with one attached hydrogen (secondary N) is 1. The maximum absolute atomic E-state index is 13.5. The van der Waals surface area contributed by atoms with Crippen LogP contribution in [0.5, 0.6) is 17.2 Å². The lowest BCUT2D eigenvalue weighted by Gasteiger charge is -2.31. The lowest BCUT2D eigenvalue weighted by molar-refractivity contribution is 0.0698. The Hall–Kier alpha value is -3.55. The number of amides is 1. The zero-order valence-electron chi connectivity index (χ0n) is 19.8. The fourth-order valence-corrected chi connectivity index (χ4v) is 4.15. The van der Waals surface area contributed by atoms with Gasteiger partial charge in [0.15, 0.2) is 17.1 Å². The Morgan fingerprint density at radius 3 is 2.33 bits per heavy atom. The van der Waals surface area contributed by atoms with Crippen molar-refractivity contribution in [3.63, 3.8) is 0 Å². The minimum absolute atomic E-state index is 0.0354. The molecule has 8 nitrogen and oxygen atoms in total. The molecule has 0 radical (unpaired) electrons. The van der Waals surface area contributed by atoms with Gasteiger partial charge in [0, 0.05) is 48.2 Å². The van der Waals surface area contributed by atoms with E-state index in [1.165, 1.54) is 0 Å². The summed E-state index contributed by atoms with van der Waals surface area (Å²) in [4.78, 5) is 24.5. The van der Waals surface area contributed by atoms with Gasteiger partial charge in [0.05, 0.1) is 32.6 Å². The summed E-state index contributed by atoms with van der Waals surface area (Å²) < 4.78 is 16.4. The molecule has 0 atom stereocenters. The average Bonchev–Trinajstić information content (AvgIpc) is 2.83. The number of piperidine rings is 1. The van der Waals surface area contributed by atoms with Crippen molar-refractivity contribution in [2.45, 2.75) is 26.7 Å². The molecule has 0 unspecified atom stereocenters. The number of aryl methyl sites for hydroxylation is 1. The van der Waals surface area contributed by atoms with Crippen LogP contribution in [0.1, 0.15) is 35.8 Å². The molecule has 8 heteroatoms. The van der Waals surface area contributed by atoms with Gasteiger partial charge in [-0.2, -0.15) is 0 Å². The normalized spacial score (nSPS) is 14.3. The molecule has 3 aromatic rings. The highest BCUT2D eigenvalue weighted by Crippen LogP contribution is 2.41. The molecule has 1 aromatic carbocycles. The third kappa shape index (κ3) is 4.51. The first-order chi connectivity index (χ1) is 15.9.